The number of carbonyl (C=O) groups is 1. The molecule has 0 saturated heterocycles. The number of nitrogens with one attached hydrogen (secondary N) is 1. The SMILES string of the molecule is CC(=O)c1ccc(Nc2nc(-c3ccc(N)cc3)co2)cc1. The van der Waals surface area contributed by atoms with E-state index in [1.54, 1.807) is 18.4 Å². The normalized spacial score (nSPS) is 10.4. The van der Waals surface area contributed by atoms with E-state index in [1.807, 2.05) is 36.4 Å². The van der Waals surface area contributed by atoms with Crippen molar-refractivity contribution in [2.24, 2.45) is 0 Å². The fourth-order valence-electron chi connectivity index (χ4n) is 2.03. The minimum atomic E-state index is 0.0355. The molecule has 0 unspecified atom stereocenters. The van der Waals surface area contributed by atoms with Crippen LogP contribution in [0.5, 0.6) is 0 Å². The van der Waals surface area contributed by atoms with Crippen molar-refractivity contribution in [2.45, 2.75) is 6.92 Å². The Balaban J connectivity index is 1.76. The fourth-order valence-corrected chi connectivity index (χ4v) is 2.03. The Labute approximate surface area is 127 Å². The van der Waals surface area contributed by atoms with E-state index < -0.39 is 0 Å². The Bertz CT molecular complexity index is 790. The number of carbonyl (C=O) groups excluding carboxylic acids is 1. The highest BCUT2D eigenvalue weighted by Crippen LogP contribution is 2.23. The van der Waals surface area contributed by atoms with Crippen molar-refractivity contribution < 1.29 is 9.21 Å². The van der Waals surface area contributed by atoms with Crippen LogP contribution in [-0.4, -0.2) is 10.8 Å². The first-order valence-electron chi connectivity index (χ1n) is 6.81. The second-order valence-electron chi connectivity index (χ2n) is 4.92. The van der Waals surface area contributed by atoms with Gasteiger partial charge in [-0.2, -0.15) is 4.98 Å². The molecule has 0 aliphatic carbocycles. The quantitative estimate of drug-likeness (QED) is 0.563. The molecule has 1 aromatic heterocycles. The molecule has 0 bridgehead atoms. The molecule has 3 rings (SSSR count). The molecule has 0 atom stereocenters. The summed E-state index contributed by atoms with van der Waals surface area (Å²) in [6.07, 6.45) is 1.58. The lowest BCUT2D eigenvalue weighted by Crippen LogP contribution is -1.94. The highest BCUT2D eigenvalue weighted by Gasteiger charge is 2.07. The Kier molecular flexibility index (Phi) is 3.62. The zero-order chi connectivity index (χ0) is 15.5. The van der Waals surface area contributed by atoms with E-state index in [2.05, 4.69) is 10.3 Å². The van der Waals surface area contributed by atoms with E-state index >= 15 is 0 Å². The molecular weight excluding hydrogens is 278 g/mol. The average Bonchev–Trinajstić information content (AvgIpc) is 2.97. The molecule has 0 amide bonds. The van der Waals surface area contributed by atoms with Crippen molar-refractivity contribution in [2.75, 3.05) is 11.1 Å². The maximum absolute atomic E-state index is 11.2. The van der Waals surface area contributed by atoms with Gasteiger partial charge in [-0.05, 0) is 43.3 Å². The third-order valence-electron chi connectivity index (χ3n) is 3.25. The lowest BCUT2D eigenvalue weighted by atomic mass is 10.1. The zero-order valence-electron chi connectivity index (χ0n) is 12.0. The lowest BCUT2D eigenvalue weighted by Gasteiger charge is -2.02. The third kappa shape index (κ3) is 2.98. The molecule has 5 heteroatoms. The van der Waals surface area contributed by atoms with Gasteiger partial charge in [-0.3, -0.25) is 4.79 Å². The van der Waals surface area contributed by atoms with E-state index in [0.717, 1.165) is 16.9 Å². The second kappa shape index (κ2) is 5.73. The average molecular weight is 293 g/mol. The highest BCUT2D eigenvalue weighted by molar-refractivity contribution is 5.94. The molecule has 0 saturated carbocycles. The van der Waals surface area contributed by atoms with Crippen LogP contribution in [0, 0.1) is 0 Å². The lowest BCUT2D eigenvalue weighted by molar-refractivity contribution is 0.101. The van der Waals surface area contributed by atoms with Gasteiger partial charge in [-0.1, -0.05) is 12.1 Å². The first-order chi connectivity index (χ1) is 10.6. The van der Waals surface area contributed by atoms with Crippen molar-refractivity contribution in [3.8, 4) is 11.3 Å². The van der Waals surface area contributed by atoms with Gasteiger partial charge in [0.05, 0.1) is 0 Å². The first-order valence-corrected chi connectivity index (χ1v) is 6.81. The number of ketones is 1. The summed E-state index contributed by atoms with van der Waals surface area (Å²) in [6.45, 7) is 1.54. The number of nitrogen functional groups attached to an aromatic ring is 1. The molecule has 5 nitrogen and oxygen atoms in total. The van der Waals surface area contributed by atoms with Crippen molar-refractivity contribution in [3.05, 3.63) is 60.4 Å². The molecular formula is C17H15N3O2. The number of oxazole rings is 1. The molecule has 3 aromatic rings. The van der Waals surface area contributed by atoms with Gasteiger partial charge in [0.1, 0.15) is 12.0 Å². The zero-order valence-corrected chi connectivity index (χ0v) is 12.0. The molecule has 0 radical (unpaired) electrons. The molecule has 1 heterocycles. The Morgan fingerprint density at radius 1 is 1.09 bits per heavy atom. The highest BCUT2D eigenvalue weighted by atomic mass is 16.4. The maximum atomic E-state index is 11.2. The van der Waals surface area contributed by atoms with Crippen LogP contribution < -0.4 is 11.1 Å². The largest absolute Gasteiger partial charge is 0.431 e. The number of hydrogen-bond acceptors (Lipinski definition) is 5. The van der Waals surface area contributed by atoms with Crippen LogP contribution in [0.1, 0.15) is 17.3 Å². The van der Waals surface area contributed by atoms with Crippen LogP contribution in [0.3, 0.4) is 0 Å². The monoisotopic (exact) mass is 293 g/mol. The van der Waals surface area contributed by atoms with E-state index in [1.165, 1.54) is 6.92 Å². The fraction of sp³-hybridized carbons (Fsp3) is 0.0588. The predicted molar refractivity (Wildman–Crippen MR) is 86.1 cm³/mol. The van der Waals surface area contributed by atoms with Crippen molar-refractivity contribution in [3.63, 3.8) is 0 Å². The van der Waals surface area contributed by atoms with Gasteiger partial charge in [0.2, 0.25) is 0 Å². The molecule has 0 spiro atoms. The van der Waals surface area contributed by atoms with Crippen molar-refractivity contribution in [1.29, 1.82) is 0 Å². The number of benzene rings is 2. The van der Waals surface area contributed by atoms with Crippen LogP contribution in [0.2, 0.25) is 0 Å². The standard InChI is InChI=1S/C17H15N3O2/c1-11(21)12-4-8-15(9-5-12)19-17-20-16(10-22-17)13-2-6-14(18)7-3-13/h2-10H,18H2,1H3,(H,19,20). The minimum absolute atomic E-state index is 0.0355. The number of Topliss-reactive ketones (excluding diaryl/α,β-unsaturated/α-hetero) is 1. The van der Waals surface area contributed by atoms with Crippen LogP contribution in [0.25, 0.3) is 11.3 Å². The Morgan fingerprint density at radius 2 is 1.77 bits per heavy atom. The van der Waals surface area contributed by atoms with E-state index in [9.17, 15) is 4.79 Å². The first kappa shape index (κ1) is 13.9. The van der Waals surface area contributed by atoms with Gasteiger partial charge in [0.15, 0.2) is 5.78 Å². The summed E-state index contributed by atoms with van der Waals surface area (Å²) in [5, 5.41) is 3.06. The predicted octanol–water partition coefficient (Wildman–Crippen LogP) is 3.87. The van der Waals surface area contributed by atoms with E-state index in [0.29, 0.717) is 17.3 Å². The van der Waals surface area contributed by atoms with Crippen LogP contribution >= 0.6 is 0 Å². The number of nitrogens with zero attached hydrogens (tertiary/aromatic N) is 1. The van der Waals surface area contributed by atoms with Crippen LogP contribution in [-0.2, 0) is 0 Å². The van der Waals surface area contributed by atoms with Gasteiger partial charge >= 0.3 is 0 Å². The third-order valence-corrected chi connectivity index (χ3v) is 3.25. The number of anilines is 3. The summed E-state index contributed by atoms with van der Waals surface area (Å²) >= 11 is 0. The summed E-state index contributed by atoms with van der Waals surface area (Å²) in [7, 11) is 0. The van der Waals surface area contributed by atoms with Gasteiger partial charge in [0, 0.05) is 22.5 Å². The smallest absolute Gasteiger partial charge is 0.299 e. The molecule has 0 aliphatic heterocycles. The summed E-state index contributed by atoms with van der Waals surface area (Å²) in [5.74, 6) is 0.0355. The number of aromatic nitrogens is 1. The van der Waals surface area contributed by atoms with Gasteiger partial charge in [-0.25, -0.2) is 0 Å². The van der Waals surface area contributed by atoms with E-state index in [-0.39, 0.29) is 5.78 Å². The molecule has 0 fully saturated rings. The number of rotatable bonds is 4. The van der Waals surface area contributed by atoms with Crippen molar-refractivity contribution >= 4 is 23.2 Å². The minimum Gasteiger partial charge on any atom is -0.431 e. The number of hydrogen-bond donors (Lipinski definition) is 2. The molecule has 3 N–H and O–H groups in total. The van der Waals surface area contributed by atoms with E-state index in [4.69, 9.17) is 10.2 Å². The topological polar surface area (TPSA) is 81.2 Å². The van der Waals surface area contributed by atoms with Gasteiger partial charge in [-0.15, -0.1) is 0 Å². The van der Waals surface area contributed by atoms with Crippen LogP contribution in [0.15, 0.2) is 59.2 Å². The Hall–Kier alpha value is -3.08. The molecule has 0 aliphatic rings. The molecule has 110 valence electrons. The van der Waals surface area contributed by atoms with Gasteiger partial charge in [0.25, 0.3) is 6.01 Å². The molecule has 2 aromatic carbocycles. The van der Waals surface area contributed by atoms with Gasteiger partial charge < -0.3 is 15.5 Å². The summed E-state index contributed by atoms with van der Waals surface area (Å²) < 4.78 is 5.41. The van der Waals surface area contributed by atoms with Crippen LogP contribution in [0.4, 0.5) is 17.4 Å². The maximum Gasteiger partial charge on any atom is 0.299 e. The Morgan fingerprint density at radius 3 is 2.41 bits per heavy atom. The molecule has 22 heavy (non-hydrogen) atoms. The summed E-state index contributed by atoms with van der Waals surface area (Å²) in [5.41, 5.74) is 9.49. The second-order valence-corrected chi connectivity index (χ2v) is 4.92. The summed E-state index contributed by atoms with van der Waals surface area (Å²) in [4.78, 5) is 15.6. The summed E-state index contributed by atoms with van der Waals surface area (Å²) in [6, 6.07) is 14.9. The number of nitrogens with two attached hydrogens (primary N) is 1. The van der Waals surface area contributed by atoms with Crippen molar-refractivity contribution in [1.82, 2.24) is 4.98 Å².